The standard InChI is InChI=1S/C11H15NO6S2/c1-18-11(13)8-9-5-4-6-10(7-9)12(19(2,14)15)20(3,16)17/h4-7H,8H2,1-3H3. The largest absolute Gasteiger partial charge is 0.469 e. The third-order valence-corrected chi connectivity index (χ3v) is 5.55. The summed E-state index contributed by atoms with van der Waals surface area (Å²) in [7, 11) is -6.77. The van der Waals surface area contributed by atoms with Crippen molar-refractivity contribution in [1.29, 1.82) is 0 Å². The fourth-order valence-corrected chi connectivity index (χ4v) is 4.61. The molecular weight excluding hydrogens is 306 g/mol. The number of benzene rings is 1. The molecule has 1 aromatic rings. The van der Waals surface area contributed by atoms with Gasteiger partial charge in [-0.25, -0.2) is 16.8 Å². The van der Waals surface area contributed by atoms with Crippen molar-refractivity contribution in [3.63, 3.8) is 0 Å². The maximum absolute atomic E-state index is 11.6. The normalized spacial score (nSPS) is 11.9. The van der Waals surface area contributed by atoms with Gasteiger partial charge in [-0.1, -0.05) is 12.1 Å². The van der Waals surface area contributed by atoms with Crippen molar-refractivity contribution in [3.8, 4) is 0 Å². The molecule has 0 saturated carbocycles. The van der Waals surface area contributed by atoms with Gasteiger partial charge in [0, 0.05) is 0 Å². The van der Waals surface area contributed by atoms with Crippen LogP contribution in [0.4, 0.5) is 5.69 Å². The lowest BCUT2D eigenvalue weighted by Gasteiger charge is -2.20. The van der Waals surface area contributed by atoms with Crippen LogP contribution in [-0.4, -0.2) is 42.4 Å². The highest BCUT2D eigenvalue weighted by Crippen LogP contribution is 2.22. The Hall–Kier alpha value is -1.61. The molecule has 0 spiro atoms. The first-order chi connectivity index (χ1) is 9.05. The molecule has 112 valence electrons. The first-order valence-corrected chi connectivity index (χ1v) is 9.11. The Balaban J connectivity index is 3.31. The highest BCUT2D eigenvalue weighted by molar-refractivity contribution is 8.09. The van der Waals surface area contributed by atoms with Crippen LogP contribution in [0.1, 0.15) is 5.56 Å². The molecule has 1 aromatic carbocycles. The van der Waals surface area contributed by atoms with Crippen LogP contribution in [0.3, 0.4) is 0 Å². The molecule has 0 aromatic heterocycles. The van der Waals surface area contributed by atoms with Crippen molar-refractivity contribution >= 4 is 31.7 Å². The molecule has 0 saturated heterocycles. The summed E-state index contributed by atoms with van der Waals surface area (Å²) in [6.45, 7) is 0. The van der Waals surface area contributed by atoms with E-state index in [9.17, 15) is 21.6 Å². The highest BCUT2D eigenvalue weighted by atomic mass is 32.3. The fourth-order valence-electron chi connectivity index (χ4n) is 1.65. The fraction of sp³-hybridized carbons (Fsp3) is 0.364. The zero-order valence-electron chi connectivity index (χ0n) is 11.2. The van der Waals surface area contributed by atoms with E-state index in [1.54, 1.807) is 6.07 Å². The predicted molar refractivity (Wildman–Crippen MR) is 74.3 cm³/mol. The van der Waals surface area contributed by atoms with Crippen molar-refractivity contribution in [1.82, 2.24) is 0 Å². The van der Waals surface area contributed by atoms with Gasteiger partial charge < -0.3 is 4.74 Å². The number of methoxy groups -OCH3 is 1. The Labute approximate surface area is 118 Å². The summed E-state index contributed by atoms with van der Waals surface area (Å²) in [5.41, 5.74) is 0.406. The summed E-state index contributed by atoms with van der Waals surface area (Å²) in [6, 6.07) is 5.70. The zero-order valence-corrected chi connectivity index (χ0v) is 12.9. The molecule has 1 rings (SSSR count). The molecular formula is C11H15NO6S2. The summed E-state index contributed by atoms with van der Waals surface area (Å²) in [6.07, 6.45) is 1.51. The number of rotatable bonds is 5. The van der Waals surface area contributed by atoms with Gasteiger partial charge in [-0.2, -0.15) is 3.71 Å². The molecule has 7 nitrogen and oxygen atoms in total. The maximum atomic E-state index is 11.6. The van der Waals surface area contributed by atoms with E-state index in [1.807, 2.05) is 0 Å². The number of carbonyl (C=O) groups excluding carboxylic acids is 1. The molecule has 0 amide bonds. The third kappa shape index (κ3) is 4.20. The molecule has 0 bridgehead atoms. The Morgan fingerprint density at radius 2 is 1.70 bits per heavy atom. The summed E-state index contributed by atoms with van der Waals surface area (Å²) in [5.74, 6) is -0.507. The number of esters is 1. The van der Waals surface area contributed by atoms with Crippen molar-refractivity contribution < 1.29 is 26.4 Å². The minimum Gasteiger partial charge on any atom is -0.469 e. The van der Waals surface area contributed by atoms with Crippen molar-refractivity contribution in [2.45, 2.75) is 6.42 Å². The van der Waals surface area contributed by atoms with E-state index < -0.39 is 26.0 Å². The van der Waals surface area contributed by atoms with E-state index in [2.05, 4.69) is 4.74 Å². The predicted octanol–water partition coefficient (Wildman–Crippen LogP) is 0.128. The third-order valence-electron chi connectivity index (χ3n) is 2.30. The van der Waals surface area contributed by atoms with Gasteiger partial charge in [0.2, 0.25) is 20.0 Å². The van der Waals surface area contributed by atoms with Crippen LogP contribution >= 0.6 is 0 Å². The minimum absolute atomic E-state index is 0.0450. The van der Waals surface area contributed by atoms with E-state index >= 15 is 0 Å². The molecule has 0 aliphatic carbocycles. The quantitative estimate of drug-likeness (QED) is 0.715. The number of anilines is 1. The van der Waals surface area contributed by atoms with Gasteiger partial charge in [0.1, 0.15) is 0 Å². The molecule has 0 unspecified atom stereocenters. The van der Waals surface area contributed by atoms with Gasteiger partial charge in [0.05, 0.1) is 31.7 Å². The number of carbonyl (C=O) groups is 1. The average molecular weight is 321 g/mol. The van der Waals surface area contributed by atoms with E-state index in [0.717, 1.165) is 12.5 Å². The van der Waals surface area contributed by atoms with E-state index in [1.165, 1.54) is 25.3 Å². The summed E-state index contributed by atoms with van der Waals surface area (Å²) in [5, 5.41) is 0. The SMILES string of the molecule is COC(=O)Cc1cccc(N(S(C)(=O)=O)S(C)(=O)=O)c1. The molecule has 0 radical (unpaired) electrons. The molecule has 0 aliphatic rings. The van der Waals surface area contributed by atoms with Crippen molar-refractivity contribution in [2.75, 3.05) is 23.3 Å². The second-order valence-corrected chi connectivity index (χ2v) is 8.04. The van der Waals surface area contributed by atoms with Gasteiger partial charge in [-0.15, -0.1) is 0 Å². The Morgan fingerprint density at radius 3 is 2.15 bits per heavy atom. The Kier molecular flexibility index (Phi) is 4.77. The number of hydrogen-bond donors (Lipinski definition) is 0. The average Bonchev–Trinajstić information content (AvgIpc) is 2.25. The highest BCUT2D eigenvalue weighted by Gasteiger charge is 2.27. The topological polar surface area (TPSA) is 97.8 Å². The minimum atomic E-state index is -4.00. The van der Waals surface area contributed by atoms with Crippen LogP contribution in [0.25, 0.3) is 0 Å². The number of hydrogen-bond acceptors (Lipinski definition) is 6. The summed E-state index contributed by atoms with van der Waals surface area (Å²) < 4.78 is 51.3. The van der Waals surface area contributed by atoms with Crippen LogP contribution in [-0.2, 0) is 36.0 Å². The molecule has 0 aliphatic heterocycles. The van der Waals surface area contributed by atoms with Crippen LogP contribution in [0, 0.1) is 0 Å². The molecule has 0 atom stereocenters. The van der Waals surface area contributed by atoms with Crippen LogP contribution in [0.5, 0.6) is 0 Å². The molecule has 20 heavy (non-hydrogen) atoms. The van der Waals surface area contributed by atoms with Gasteiger partial charge in [-0.05, 0) is 17.7 Å². The molecule has 0 heterocycles. The first-order valence-electron chi connectivity index (χ1n) is 5.42. The second kappa shape index (κ2) is 5.80. The van der Waals surface area contributed by atoms with Crippen LogP contribution in [0.15, 0.2) is 24.3 Å². The summed E-state index contributed by atoms with van der Waals surface area (Å²) >= 11 is 0. The zero-order chi connectivity index (χ0) is 15.6. The van der Waals surface area contributed by atoms with E-state index in [-0.39, 0.29) is 12.1 Å². The lowest BCUT2D eigenvalue weighted by Crippen LogP contribution is -2.35. The van der Waals surface area contributed by atoms with E-state index in [0.29, 0.717) is 9.27 Å². The van der Waals surface area contributed by atoms with Gasteiger partial charge in [0.15, 0.2) is 0 Å². The van der Waals surface area contributed by atoms with E-state index in [4.69, 9.17) is 0 Å². The summed E-state index contributed by atoms with van der Waals surface area (Å²) in [4.78, 5) is 11.2. The number of nitrogens with zero attached hydrogens (tertiary/aromatic N) is 1. The Morgan fingerprint density at radius 1 is 1.15 bits per heavy atom. The lowest BCUT2D eigenvalue weighted by atomic mass is 10.1. The van der Waals surface area contributed by atoms with Crippen molar-refractivity contribution in [3.05, 3.63) is 29.8 Å². The first kappa shape index (κ1) is 16.4. The molecule has 9 heteroatoms. The monoisotopic (exact) mass is 321 g/mol. The lowest BCUT2D eigenvalue weighted by molar-refractivity contribution is -0.139. The van der Waals surface area contributed by atoms with Gasteiger partial charge in [0.25, 0.3) is 0 Å². The van der Waals surface area contributed by atoms with Crippen LogP contribution < -0.4 is 3.71 Å². The number of ether oxygens (including phenoxy) is 1. The maximum Gasteiger partial charge on any atom is 0.309 e. The van der Waals surface area contributed by atoms with Gasteiger partial charge in [-0.3, -0.25) is 4.79 Å². The molecule has 0 N–H and O–H groups in total. The smallest absolute Gasteiger partial charge is 0.309 e. The Bertz CT molecular complexity index is 676. The van der Waals surface area contributed by atoms with Crippen LogP contribution in [0.2, 0.25) is 0 Å². The molecule has 0 fully saturated rings. The second-order valence-electron chi connectivity index (χ2n) is 4.15. The van der Waals surface area contributed by atoms with Gasteiger partial charge >= 0.3 is 5.97 Å². The van der Waals surface area contributed by atoms with Crippen molar-refractivity contribution in [2.24, 2.45) is 0 Å². The number of sulfonamides is 2.